The molecule has 1 aliphatic carbocycles. The molecule has 0 spiro atoms. The quantitative estimate of drug-likeness (QED) is 0.895. The van der Waals surface area contributed by atoms with Crippen LogP contribution in [0.15, 0.2) is 47.4 Å². The highest BCUT2D eigenvalue weighted by Crippen LogP contribution is 2.37. The number of halogens is 1. The van der Waals surface area contributed by atoms with E-state index in [-0.39, 0.29) is 11.9 Å². The zero-order chi connectivity index (χ0) is 14.2. The van der Waals surface area contributed by atoms with E-state index in [4.69, 9.17) is 0 Å². The molecule has 0 aromatic heterocycles. The Morgan fingerprint density at radius 3 is 2.57 bits per heavy atom. The normalized spacial score (nSPS) is 21.1. The molecule has 1 atom stereocenters. The van der Waals surface area contributed by atoms with Crippen LogP contribution in [0.25, 0.3) is 0 Å². The summed E-state index contributed by atoms with van der Waals surface area (Å²) in [6.07, 6.45) is 3.25. The lowest BCUT2D eigenvalue weighted by atomic mass is 10.0. The first-order chi connectivity index (χ1) is 10.3. The largest absolute Gasteiger partial charge is 0.306 e. The van der Waals surface area contributed by atoms with Gasteiger partial charge in [0.2, 0.25) is 0 Å². The molecule has 1 unspecified atom stereocenters. The van der Waals surface area contributed by atoms with Crippen molar-refractivity contribution in [3.8, 4) is 0 Å². The van der Waals surface area contributed by atoms with Crippen LogP contribution in [0.2, 0.25) is 0 Å². The van der Waals surface area contributed by atoms with E-state index in [0.29, 0.717) is 6.04 Å². The maximum atomic E-state index is 13.6. The zero-order valence-corrected chi connectivity index (χ0v) is 12.6. The van der Waals surface area contributed by atoms with E-state index in [1.54, 1.807) is 12.1 Å². The Hall–Kier alpha value is -1.32. The van der Waals surface area contributed by atoms with Gasteiger partial charge < -0.3 is 5.32 Å². The fourth-order valence-electron chi connectivity index (χ4n) is 3.50. The van der Waals surface area contributed by atoms with Gasteiger partial charge in [-0.25, -0.2) is 4.39 Å². The van der Waals surface area contributed by atoms with E-state index in [0.717, 1.165) is 30.6 Å². The second-order valence-electron chi connectivity index (χ2n) is 5.91. The fourth-order valence-corrected chi connectivity index (χ4v) is 4.61. The van der Waals surface area contributed by atoms with E-state index in [2.05, 4.69) is 29.6 Å². The number of thioether (sulfide) groups is 1. The minimum atomic E-state index is -0.127. The van der Waals surface area contributed by atoms with E-state index in [1.807, 2.05) is 17.8 Å². The number of rotatable bonds is 2. The van der Waals surface area contributed by atoms with Crippen LogP contribution in [-0.4, -0.2) is 11.8 Å². The lowest BCUT2D eigenvalue weighted by molar-refractivity contribution is 0.428. The maximum Gasteiger partial charge on any atom is 0.123 e. The summed E-state index contributed by atoms with van der Waals surface area (Å²) in [6, 6.07) is 14.6. The molecular weight excluding hydrogens is 281 g/mol. The molecule has 0 amide bonds. The van der Waals surface area contributed by atoms with E-state index in [9.17, 15) is 4.39 Å². The van der Waals surface area contributed by atoms with E-state index >= 15 is 0 Å². The Kier molecular flexibility index (Phi) is 3.48. The number of benzene rings is 2. The summed E-state index contributed by atoms with van der Waals surface area (Å²) in [5, 5.41) is 3.77. The highest BCUT2D eigenvalue weighted by molar-refractivity contribution is 7.99. The van der Waals surface area contributed by atoms with Crippen molar-refractivity contribution in [2.24, 2.45) is 0 Å². The number of fused-ring (bicyclic) bond motifs is 2. The molecule has 1 heterocycles. The van der Waals surface area contributed by atoms with Gasteiger partial charge in [-0.3, -0.25) is 0 Å². The highest BCUT2D eigenvalue weighted by Gasteiger charge is 2.27. The first kappa shape index (κ1) is 13.4. The van der Waals surface area contributed by atoms with Crippen LogP contribution < -0.4 is 5.32 Å². The van der Waals surface area contributed by atoms with Crippen LogP contribution in [0.1, 0.15) is 29.2 Å². The van der Waals surface area contributed by atoms with Gasteiger partial charge in [0, 0.05) is 17.0 Å². The van der Waals surface area contributed by atoms with Crippen LogP contribution in [-0.2, 0) is 12.8 Å². The van der Waals surface area contributed by atoms with Crippen molar-refractivity contribution in [2.45, 2.75) is 36.2 Å². The minimum Gasteiger partial charge on any atom is -0.306 e. The third-order valence-corrected chi connectivity index (χ3v) is 5.62. The van der Waals surface area contributed by atoms with Crippen LogP contribution >= 0.6 is 11.8 Å². The van der Waals surface area contributed by atoms with Crippen molar-refractivity contribution in [3.05, 3.63) is 65.0 Å². The molecule has 0 fully saturated rings. The minimum absolute atomic E-state index is 0.127. The Morgan fingerprint density at radius 2 is 1.81 bits per heavy atom. The molecule has 21 heavy (non-hydrogen) atoms. The molecular formula is C18H18FNS. The molecule has 3 heteroatoms. The van der Waals surface area contributed by atoms with Gasteiger partial charge in [-0.05, 0) is 59.9 Å². The van der Waals surface area contributed by atoms with Crippen LogP contribution in [0, 0.1) is 5.82 Å². The molecule has 1 nitrogen and oxygen atoms in total. The number of hydrogen-bond donors (Lipinski definition) is 1. The van der Waals surface area contributed by atoms with Crippen molar-refractivity contribution in [1.82, 2.24) is 5.32 Å². The molecule has 2 aromatic rings. The van der Waals surface area contributed by atoms with Gasteiger partial charge in [0.05, 0.1) is 0 Å². The van der Waals surface area contributed by atoms with E-state index in [1.165, 1.54) is 16.0 Å². The molecule has 1 aliphatic heterocycles. The lowest BCUT2D eigenvalue weighted by Gasteiger charge is -2.28. The van der Waals surface area contributed by atoms with Crippen LogP contribution in [0.3, 0.4) is 0 Å². The summed E-state index contributed by atoms with van der Waals surface area (Å²) < 4.78 is 13.6. The van der Waals surface area contributed by atoms with Crippen LogP contribution in [0.4, 0.5) is 4.39 Å². The molecule has 2 aliphatic rings. The monoisotopic (exact) mass is 299 g/mol. The first-order valence-corrected chi connectivity index (χ1v) is 8.53. The molecule has 0 saturated heterocycles. The topological polar surface area (TPSA) is 12.0 Å². The summed E-state index contributed by atoms with van der Waals surface area (Å²) >= 11 is 1.84. The lowest BCUT2D eigenvalue weighted by Crippen LogP contribution is -2.35. The first-order valence-electron chi connectivity index (χ1n) is 7.55. The summed E-state index contributed by atoms with van der Waals surface area (Å²) in [4.78, 5) is 1.23. The maximum absolute atomic E-state index is 13.6. The fraction of sp³-hybridized carbons (Fsp3) is 0.333. The molecule has 108 valence electrons. The summed E-state index contributed by atoms with van der Waals surface area (Å²) in [5.74, 6) is 0.980. The SMILES string of the molecule is Fc1ccc2c(c1)C(NC1Cc3ccccc3C1)CCS2. The predicted octanol–water partition coefficient (Wildman–Crippen LogP) is 4.12. The van der Waals surface area contributed by atoms with Crippen molar-refractivity contribution in [2.75, 3.05) is 5.75 Å². The highest BCUT2D eigenvalue weighted by atomic mass is 32.2. The van der Waals surface area contributed by atoms with Crippen molar-refractivity contribution in [1.29, 1.82) is 0 Å². The summed E-state index contributed by atoms with van der Waals surface area (Å²) in [7, 11) is 0. The Bertz CT molecular complexity index is 645. The number of nitrogens with one attached hydrogen (secondary N) is 1. The molecule has 0 bridgehead atoms. The second-order valence-corrected chi connectivity index (χ2v) is 7.05. The third kappa shape index (κ3) is 2.60. The van der Waals surface area contributed by atoms with E-state index < -0.39 is 0 Å². The number of hydrogen-bond acceptors (Lipinski definition) is 2. The van der Waals surface area contributed by atoms with Gasteiger partial charge in [0.25, 0.3) is 0 Å². The summed E-state index contributed by atoms with van der Waals surface area (Å²) in [5.41, 5.74) is 4.06. The molecule has 1 N–H and O–H groups in total. The van der Waals surface area contributed by atoms with Gasteiger partial charge in [0.15, 0.2) is 0 Å². The van der Waals surface area contributed by atoms with Crippen molar-refractivity contribution < 1.29 is 4.39 Å². The van der Waals surface area contributed by atoms with Gasteiger partial charge >= 0.3 is 0 Å². The summed E-state index contributed by atoms with van der Waals surface area (Å²) in [6.45, 7) is 0. The van der Waals surface area contributed by atoms with Crippen molar-refractivity contribution >= 4 is 11.8 Å². The third-order valence-electron chi connectivity index (χ3n) is 4.50. The predicted molar refractivity (Wildman–Crippen MR) is 85.3 cm³/mol. The van der Waals surface area contributed by atoms with Gasteiger partial charge in [-0.1, -0.05) is 24.3 Å². The van der Waals surface area contributed by atoms with Crippen LogP contribution in [0.5, 0.6) is 0 Å². The molecule has 2 aromatic carbocycles. The average Bonchev–Trinajstić information content (AvgIpc) is 2.90. The van der Waals surface area contributed by atoms with Gasteiger partial charge in [0.1, 0.15) is 5.82 Å². The van der Waals surface area contributed by atoms with Gasteiger partial charge in [-0.2, -0.15) is 0 Å². The molecule has 0 saturated carbocycles. The second kappa shape index (κ2) is 5.47. The smallest absolute Gasteiger partial charge is 0.123 e. The standard InChI is InChI=1S/C18H18FNS/c19-14-5-6-18-16(11-14)17(7-8-21-18)20-15-9-12-3-1-2-4-13(12)10-15/h1-6,11,15,17,20H,7-10H2. The molecule has 0 radical (unpaired) electrons. The Morgan fingerprint density at radius 1 is 1.05 bits per heavy atom. The van der Waals surface area contributed by atoms with Crippen molar-refractivity contribution in [3.63, 3.8) is 0 Å². The molecule has 4 rings (SSSR count). The van der Waals surface area contributed by atoms with Gasteiger partial charge in [-0.15, -0.1) is 11.8 Å². The average molecular weight is 299 g/mol. The Labute approximate surface area is 129 Å². The zero-order valence-electron chi connectivity index (χ0n) is 11.8. The Balaban J connectivity index is 1.54.